The average Bonchev–Trinajstić information content (AvgIpc) is 2.65. The summed E-state index contributed by atoms with van der Waals surface area (Å²) in [5.74, 6) is 0.463. The van der Waals surface area contributed by atoms with Gasteiger partial charge in [-0.1, -0.05) is 31.4 Å². The molecule has 1 atom stereocenters. The Labute approximate surface area is 86.2 Å². The number of rotatable bonds is 5. The second-order valence-electron chi connectivity index (χ2n) is 3.75. The minimum Gasteiger partial charge on any atom is -0.396 e. The molecule has 14 heavy (non-hydrogen) atoms. The molecule has 78 valence electrons. The molecule has 0 saturated carbocycles. The summed E-state index contributed by atoms with van der Waals surface area (Å²) in [6, 6.07) is 0. The van der Waals surface area contributed by atoms with Crippen molar-refractivity contribution in [2.45, 2.75) is 6.42 Å². The van der Waals surface area contributed by atoms with Gasteiger partial charge in [-0.3, -0.25) is 4.90 Å². The number of aliphatic hydroxyl groups is 1. The van der Waals surface area contributed by atoms with Crippen molar-refractivity contribution in [1.82, 2.24) is 4.90 Å². The number of likely N-dealkylation sites (tertiary alicyclic amines) is 1. The van der Waals surface area contributed by atoms with Crippen LogP contribution in [0.3, 0.4) is 0 Å². The smallest absolute Gasteiger partial charge is 0.0471 e. The van der Waals surface area contributed by atoms with Crippen LogP contribution in [0.1, 0.15) is 6.42 Å². The summed E-state index contributed by atoms with van der Waals surface area (Å²) in [6.07, 6.45) is 6.75. The normalized spacial score (nSPS) is 23.8. The molecular formula is C12H19NO. The van der Waals surface area contributed by atoms with Gasteiger partial charge in [0.15, 0.2) is 0 Å². The molecule has 0 amide bonds. The molecule has 1 rings (SSSR count). The number of allylic oxidation sites excluding steroid dienone is 2. The van der Waals surface area contributed by atoms with Crippen LogP contribution in [0.5, 0.6) is 0 Å². The SMILES string of the molecule is C=C/C=C(\C=C)CN1CCC(CO)C1. The van der Waals surface area contributed by atoms with E-state index in [-0.39, 0.29) is 0 Å². The Bertz CT molecular complexity index is 232. The zero-order chi connectivity index (χ0) is 10.4. The topological polar surface area (TPSA) is 23.5 Å². The highest BCUT2D eigenvalue weighted by molar-refractivity contribution is 5.22. The Kier molecular flexibility index (Phi) is 4.63. The Balaban J connectivity index is 2.41. The second-order valence-corrected chi connectivity index (χ2v) is 3.75. The van der Waals surface area contributed by atoms with Gasteiger partial charge in [0.25, 0.3) is 0 Å². The molecule has 0 aromatic heterocycles. The summed E-state index contributed by atoms with van der Waals surface area (Å²) in [5, 5.41) is 9.00. The summed E-state index contributed by atoms with van der Waals surface area (Å²) in [6.45, 7) is 10.7. The van der Waals surface area contributed by atoms with Crippen molar-refractivity contribution in [2.75, 3.05) is 26.2 Å². The maximum absolute atomic E-state index is 9.00. The summed E-state index contributed by atoms with van der Waals surface area (Å²) < 4.78 is 0. The van der Waals surface area contributed by atoms with E-state index in [1.54, 1.807) is 6.08 Å². The van der Waals surface area contributed by atoms with Gasteiger partial charge in [0.05, 0.1) is 0 Å². The lowest BCUT2D eigenvalue weighted by Crippen LogP contribution is -2.23. The van der Waals surface area contributed by atoms with E-state index in [9.17, 15) is 0 Å². The quantitative estimate of drug-likeness (QED) is 0.670. The minimum absolute atomic E-state index is 0.311. The lowest BCUT2D eigenvalue weighted by Gasteiger charge is -2.15. The van der Waals surface area contributed by atoms with Crippen LogP contribution in [0.2, 0.25) is 0 Å². The van der Waals surface area contributed by atoms with E-state index in [1.807, 2.05) is 12.2 Å². The molecule has 1 fully saturated rings. The fourth-order valence-electron chi connectivity index (χ4n) is 1.80. The summed E-state index contributed by atoms with van der Waals surface area (Å²) in [5.41, 5.74) is 1.19. The summed E-state index contributed by atoms with van der Waals surface area (Å²) in [7, 11) is 0. The molecule has 2 nitrogen and oxygen atoms in total. The minimum atomic E-state index is 0.311. The fraction of sp³-hybridized carbons (Fsp3) is 0.500. The molecule has 1 unspecified atom stereocenters. The van der Waals surface area contributed by atoms with Gasteiger partial charge in [-0.05, 0) is 24.5 Å². The zero-order valence-corrected chi connectivity index (χ0v) is 8.65. The van der Waals surface area contributed by atoms with Crippen LogP contribution in [-0.4, -0.2) is 36.2 Å². The third-order valence-electron chi connectivity index (χ3n) is 2.63. The Morgan fingerprint density at radius 3 is 2.79 bits per heavy atom. The van der Waals surface area contributed by atoms with Crippen molar-refractivity contribution in [3.05, 3.63) is 37.0 Å². The standard InChI is InChI=1S/C12H19NO/c1-3-5-11(4-2)8-13-7-6-12(9-13)10-14/h3-5,12,14H,1-2,6-10H2/b11-5+. The van der Waals surface area contributed by atoms with Crippen LogP contribution >= 0.6 is 0 Å². The molecule has 1 aliphatic heterocycles. The first-order valence-electron chi connectivity index (χ1n) is 5.07. The molecule has 0 aromatic rings. The highest BCUT2D eigenvalue weighted by Crippen LogP contribution is 2.16. The molecule has 1 saturated heterocycles. The van der Waals surface area contributed by atoms with Gasteiger partial charge < -0.3 is 5.11 Å². The van der Waals surface area contributed by atoms with Crippen molar-refractivity contribution in [3.63, 3.8) is 0 Å². The van der Waals surface area contributed by atoms with Crippen LogP contribution in [0, 0.1) is 5.92 Å². The van der Waals surface area contributed by atoms with E-state index < -0.39 is 0 Å². The molecule has 0 aliphatic carbocycles. The van der Waals surface area contributed by atoms with E-state index in [4.69, 9.17) is 5.11 Å². The lowest BCUT2D eigenvalue weighted by molar-refractivity contribution is 0.225. The van der Waals surface area contributed by atoms with E-state index in [0.717, 1.165) is 26.1 Å². The molecule has 1 heterocycles. The Morgan fingerprint density at radius 1 is 1.50 bits per heavy atom. The van der Waals surface area contributed by atoms with Gasteiger partial charge in [-0.15, -0.1) is 0 Å². The summed E-state index contributed by atoms with van der Waals surface area (Å²) >= 11 is 0. The molecular weight excluding hydrogens is 174 g/mol. The van der Waals surface area contributed by atoms with Crippen LogP contribution in [0.25, 0.3) is 0 Å². The van der Waals surface area contributed by atoms with Gasteiger partial charge in [0.1, 0.15) is 0 Å². The predicted molar refractivity (Wildman–Crippen MR) is 60.1 cm³/mol. The first kappa shape index (κ1) is 11.2. The molecule has 2 heteroatoms. The Morgan fingerprint density at radius 2 is 2.29 bits per heavy atom. The second kappa shape index (κ2) is 5.78. The molecule has 0 radical (unpaired) electrons. The van der Waals surface area contributed by atoms with Crippen LogP contribution < -0.4 is 0 Å². The van der Waals surface area contributed by atoms with Crippen molar-refractivity contribution in [2.24, 2.45) is 5.92 Å². The monoisotopic (exact) mass is 193 g/mol. The first-order valence-corrected chi connectivity index (χ1v) is 5.07. The van der Waals surface area contributed by atoms with E-state index in [0.29, 0.717) is 12.5 Å². The van der Waals surface area contributed by atoms with Crippen molar-refractivity contribution in [3.8, 4) is 0 Å². The number of aliphatic hydroxyl groups excluding tert-OH is 1. The van der Waals surface area contributed by atoms with Crippen LogP contribution in [0.4, 0.5) is 0 Å². The van der Waals surface area contributed by atoms with Crippen molar-refractivity contribution < 1.29 is 5.11 Å². The van der Waals surface area contributed by atoms with Crippen molar-refractivity contribution in [1.29, 1.82) is 0 Å². The number of nitrogens with zero attached hydrogens (tertiary/aromatic N) is 1. The summed E-state index contributed by atoms with van der Waals surface area (Å²) in [4.78, 5) is 2.35. The molecule has 0 bridgehead atoms. The van der Waals surface area contributed by atoms with E-state index in [2.05, 4.69) is 18.1 Å². The maximum atomic E-state index is 9.00. The number of hydrogen-bond acceptors (Lipinski definition) is 2. The molecule has 1 N–H and O–H groups in total. The van der Waals surface area contributed by atoms with Gasteiger partial charge in [0.2, 0.25) is 0 Å². The molecule has 0 aromatic carbocycles. The molecule has 1 aliphatic rings. The third-order valence-corrected chi connectivity index (χ3v) is 2.63. The van der Waals surface area contributed by atoms with Crippen molar-refractivity contribution >= 4 is 0 Å². The van der Waals surface area contributed by atoms with Gasteiger partial charge in [0, 0.05) is 19.7 Å². The fourth-order valence-corrected chi connectivity index (χ4v) is 1.80. The number of hydrogen-bond donors (Lipinski definition) is 1. The van der Waals surface area contributed by atoms with E-state index >= 15 is 0 Å². The third kappa shape index (κ3) is 3.13. The maximum Gasteiger partial charge on any atom is 0.0471 e. The highest BCUT2D eigenvalue weighted by atomic mass is 16.3. The van der Waals surface area contributed by atoms with Gasteiger partial charge >= 0.3 is 0 Å². The first-order chi connectivity index (χ1) is 6.80. The predicted octanol–water partition coefficient (Wildman–Crippen LogP) is 1.60. The van der Waals surface area contributed by atoms with Crippen LogP contribution in [-0.2, 0) is 0 Å². The van der Waals surface area contributed by atoms with E-state index in [1.165, 1.54) is 5.57 Å². The largest absolute Gasteiger partial charge is 0.396 e. The molecule has 0 spiro atoms. The van der Waals surface area contributed by atoms with Crippen LogP contribution in [0.15, 0.2) is 37.0 Å². The lowest BCUT2D eigenvalue weighted by atomic mass is 10.1. The Hall–Kier alpha value is -0.860. The average molecular weight is 193 g/mol. The highest BCUT2D eigenvalue weighted by Gasteiger charge is 2.21. The zero-order valence-electron chi connectivity index (χ0n) is 8.65. The van der Waals surface area contributed by atoms with Gasteiger partial charge in [-0.2, -0.15) is 0 Å². The van der Waals surface area contributed by atoms with Gasteiger partial charge in [-0.25, -0.2) is 0 Å².